The number of hydrogen-bond donors (Lipinski definition) is 2. The van der Waals surface area contributed by atoms with Gasteiger partial charge in [-0.1, -0.05) is 25.1 Å². The van der Waals surface area contributed by atoms with Crippen LogP contribution in [-0.4, -0.2) is 44.9 Å². The molecule has 0 saturated carbocycles. The lowest BCUT2D eigenvalue weighted by atomic mass is 9.67. The van der Waals surface area contributed by atoms with Gasteiger partial charge >= 0.3 is 0 Å². The Morgan fingerprint density at radius 1 is 1.07 bits per heavy atom. The Morgan fingerprint density at radius 3 is 2.34 bits per heavy atom. The Bertz CT molecular complexity index is 819. The van der Waals surface area contributed by atoms with Gasteiger partial charge in [0, 0.05) is 36.1 Å². The van der Waals surface area contributed by atoms with Gasteiger partial charge in [-0.15, -0.1) is 6.58 Å². The van der Waals surface area contributed by atoms with Crippen molar-refractivity contribution in [2.45, 2.75) is 24.7 Å². The molecule has 0 aliphatic carbocycles. The van der Waals surface area contributed by atoms with Gasteiger partial charge in [-0.2, -0.15) is 0 Å². The molecule has 0 aliphatic heterocycles. The molecule has 2 rings (SSSR count). The minimum atomic E-state index is -0.752. The molecule has 0 radical (unpaired) electrons. The van der Waals surface area contributed by atoms with Crippen molar-refractivity contribution in [1.29, 1.82) is 0 Å². The standard InChI is InChI=1S/C23H30O6/c1-6-7-19(18-10-8-17(12-21(18)25)29-15-26-3)23(2,14-24)20-11-9-16(27-4)13-22(20)28-5/h6,8-13,19,24-25H,1,7,14-15H2,2-5H3. The number of rotatable bonds is 11. The van der Waals surface area contributed by atoms with Gasteiger partial charge in [-0.25, -0.2) is 0 Å². The van der Waals surface area contributed by atoms with Crippen LogP contribution in [-0.2, 0) is 10.2 Å². The monoisotopic (exact) mass is 402 g/mol. The Kier molecular flexibility index (Phi) is 7.93. The highest BCUT2D eigenvalue weighted by Gasteiger charge is 2.39. The number of aliphatic hydroxyl groups is 1. The van der Waals surface area contributed by atoms with Crippen molar-refractivity contribution in [3.63, 3.8) is 0 Å². The summed E-state index contributed by atoms with van der Waals surface area (Å²) in [6.45, 7) is 5.75. The lowest BCUT2D eigenvalue weighted by molar-refractivity contribution is 0.0509. The molecule has 0 spiro atoms. The quantitative estimate of drug-likeness (QED) is 0.437. The maximum absolute atomic E-state index is 10.7. The first-order chi connectivity index (χ1) is 13.9. The Balaban J connectivity index is 2.55. The highest BCUT2D eigenvalue weighted by Crippen LogP contribution is 2.48. The Labute approximate surface area is 172 Å². The Hall–Kier alpha value is -2.70. The maximum atomic E-state index is 10.7. The van der Waals surface area contributed by atoms with Crippen LogP contribution in [0, 0.1) is 0 Å². The van der Waals surface area contributed by atoms with Gasteiger partial charge in [0.25, 0.3) is 0 Å². The summed E-state index contributed by atoms with van der Waals surface area (Å²) >= 11 is 0. The molecule has 0 bridgehead atoms. The number of allylic oxidation sites excluding steroid dienone is 1. The molecular formula is C23H30O6. The van der Waals surface area contributed by atoms with E-state index in [0.717, 1.165) is 5.56 Å². The van der Waals surface area contributed by atoms with Crippen molar-refractivity contribution < 1.29 is 29.2 Å². The fraction of sp³-hybridized carbons (Fsp3) is 0.391. The van der Waals surface area contributed by atoms with Gasteiger partial charge in [0.05, 0.1) is 20.8 Å². The van der Waals surface area contributed by atoms with E-state index in [1.54, 1.807) is 44.6 Å². The van der Waals surface area contributed by atoms with Crippen molar-refractivity contribution in [3.05, 3.63) is 60.2 Å². The number of phenols is 1. The fourth-order valence-electron chi connectivity index (χ4n) is 3.59. The smallest absolute Gasteiger partial charge is 0.188 e. The molecule has 6 nitrogen and oxygen atoms in total. The summed E-state index contributed by atoms with van der Waals surface area (Å²) in [5, 5.41) is 21.2. The van der Waals surface area contributed by atoms with E-state index in [1.807, 2.05) is 19.1 Å². The molecule has 2 aromatic carbocycles. The maximum Gasteiger partial charge on any atom is 0.188 e. The number of aromatic hydroxyl groups is 1. The molecule has 158 valence electrons. The molecule has 0 fully saturated rings. The molecule has 0 aromatic heterocycles. The predicted molar refractivity (Wildman–Crippen MR) is 112 cm³/mol. The van der Waals surface area contributed by atoms with Crippen LogP contribution in [0.4, 0.5) is 0 Å². The van der Waals surface area contributed by atoms with Crippen molar-refractivity contribution >= 4 is 0 Å². The van der Waals surface area contributed by atoms with E-state index in [1.165, 1.54) is 7.11 Å². The zero-order valence-corrected chi connectivity index (χ0v) is 17.5. The van der Waals surface area contributed by atoms with E-state index in [9.17, 15) is 10.2 Å². The molecule has 2 atom stereocenters. The third kappa shape index (κ3) is 4.83. The van der Waals surface area contributed by atoms with E-state index < -0.39 is 5.41 Å². The normalized spacial score (nSPS) is 14.0. The summed E-state index contributed by atoms with van der Waals surface area (Å²) in [6.07, 6.45) is 2.32. The van der Waals surface area contributed by atoms with Gasteiger partial charge < -0.3 is 29.2 Å². The number of hydrogen-bond acceptors (Lipinski definition) is 6. The van der Waals surface area contributed by atoms with Crippen molar-refractivity contribution in [2.24, 2.45) is 0 Å². The first-order valence-corrected chi connectivity index (χ1v) is 9.34. The molecule has 0 aliphatic rings. The lowest BCUT2D eigenvalue weighted by Gasteiger charge is -2.38. The molecule has 2 unspecified atom stereocenters. The number of benzene rings is 2. The molecule has 0 heterocycles. The zero-order valence-electron chi connectivity index (χ0n) is 17.5. The first-order valence-electron chi connectivity index (χ1n) is 9.34. The summed E-state index contributed by atoms with van der Waals surface area (Å²) in [4.78, 5) is 0. The topological polar surface area (TPSA) is 77.4 Å². The van der Waals surface area contributed by atoms with Crippen molar-refractivity contribution in [1.82, 2.24) is 0 Å². The number of methoxy groups -OCH3 is 3. The number of aliphatic hydroxyl groups excluding tert-OH is 1. The second-order valence-electron chi connectivity index (χ2n) is 6.99. The Morgan fingerprint density at radius 2 is 1.79 bits per heavy atom. The molecule has 2 aromatic rings. The van der Waals surface area contributed by atoms with E-state index >= 15 is 0 Å². The van der Waals surface area contributed by atoms with Crippen LogP contribution in [0.25, 0.3) is 0 Å². The SMILES string of the molecule is C=CCC(c1ccc(OCOC)cc1O)C(C)(CO)c1ccc(OC)cc1OC. The van der Waals surface area contributed by atoms with Crippen LogP contribution in [0.5, 0.6) is 23.0 Å². The van der Waals surface area contributed by atoms with Gasteiger partial charge in [0.15, 0.2) is 6.79 Å². The molecular weight excluding hydrogens is 372 g/mol. The van der Waals surface area contributed by atoms with E-state index in [0.29, 0.717) is 29.2 Å². The predicted octanol–water partition coefficient (Wildman–Crippen LogP) is 4.00. The largest absolute Gasteiger partial charge is 0.508 e. The average molecular weight is 402 g/mol. The second-order valence-corrected chi connectivity index (χ2v) is 6.99. The molecule has 0 saturated heterocycles. The van der Waals surface area contributed by atoms with Crippen LogP contribution in [0.15, 0.2) is 49.1 Å². The van der Waals surface area contributed by atoms with Gasteiger partial charge in [0.1, 0.15) is 23.0 Å². The lowest BCUT2D eigenvalue weighted by Crippen LogP contribution is -2.35. The van der Waals surface area contributed by atoms with E-state index in [-0.39, 0.29) is 25.1 Å². The number of phenolic OH excluding ortho intramolecular Hbond substituents is 1. The summed E-state index contributed by atoms with van der Waals surface area (Å²) in [7, 11) is 4.70. The summed E-state index contributed by atoms with van der Waals surface area (Å²) in [5.74, 6) is 1.59. The molecule has 0 amide bonds. The average Bonchev–Trinajstić information content (AvgIpc) is 2.75. The van der Waals surface area contributed by atoms with Crippen LogP contribution in [0.1, 0.15) is 30.4 Å². The van der Waals surface area contributed by atoms with Gasteiger partial charge in [0.2, 0.25) is 0 Å². The third-order valence-corrected chi connectivity index (χ3v) is 5.24. The van der Waals surface area contributed by atoms with Crippen LogP contribution >= 0.6 is 0 Å². The van der Waals surface area contributed by atoms with Crippen molar-refractivity contribution in [3.8, 4) is 23.0 Å². The zero-order chi connectivity index (χ0) is 21.4. The highest BCUT2D eigenvalue weighted by atomic mass is 16.7. The van der Waals surface area contributed by atoms with Crippen LogP contribution in [0.3, 0.4) is 0 Å². The first kappa shape index (κ1) is 22.6. The summed E-state index contributed by atoms with van der Waals surface area (Å²) < 4.78 is 21.2. The molecule has 2 N–H and O–H groups in total. The van der Waals surface area contributed by atoms with Gasteiger partial charge in [-0.05, 0) is 24.1 Å². The molecule has 6 heteroatoms. The third-order valence-electron chi connectivity index (χ3n) is 5.24. The summed E-state index contributed by atoms with van der Waals surface area (Å²) in [6, 6.07) is 10.6. The van der Waals surface area contributed by atoms with Crippen molar-refractivity contribution in [2.75, 3.05) is 34.7 Å². The number of ether oxygens (including phenoxy) is 4. The second kappa shape index (κ2) is 10.2. The van der Waals surface area contributed by atoms with Gasteiger partial charge in [-0.3, -0.25) is 0 Å². The van der Waals surface area contributed by atoms with Crippen LogP contribution < -0.4 is 14.2 Å². The van der Waals surface area contributed by atoms with E-state index in [4.69, 9.17) is 18.9 Å². The minimum absolute atomic E-state index is 0.0811. The fourth-order valence-corrected chi connectivity index (χ4v) is 3.59. The minimum Gasteiger partial charge on any atom is -0.508 e. The molecule has 29 heavy (non-hydrogen) atoms. The summed E-state index contributed by atoms with van der Waals surface area (Å²) in [5.41, 5.74) is 0.747. The van der Waals surface area contributed by atoms with E-state index in [2.05, 4.69) is 6.58 Å². The highest BCUT2D eigenvalue weighted by molar-refractivity contribution is 5.50. The van der Waals surface area contributed by atoms with Crippen LogP contribution in [0.2, 0.25) is 0 Å².